The third kappa shape index (κ3) is 3.32. The molecule has 1 aromatic heterocycles. The minimum atomic E-state index is -0.157. The zero-order chi connectivity index (χ0) is 14.8. The van der Waals surface area contributed by atoms with E-state index in [1.54, 1.807) is 0 Å². The predicted octanol–water partition coefficient (Wildman–Crippen LogP) is 3.60. The molecule has 4 nitrogen and oxygen atoms in total. The molecule has 1 aliphatic carbocycles. The van der Waals surface area contributed by atoms with Crippen molar-refractivity contribution in [1.82, 2.24) is 10.3 Å². The number of oxazole rings is 1. The van der Waals surface area contributed by atoms with Gasteiger partial charge in [0.1, 0.15) is 6.26 Å². The normalized spacial score (nSPS) is 14.4. The number of rotatable bonds is 5. The molecule has 0 saturated heterocycles. The maximum Gasteiger partial charge on any atom is 0.273 e. The van der Waals surface area contributed by atoms with Crippen LogP contribution in [0.2, 0.25) is 0 Å². The lowest BCUT2D eigenvalue weighted by Crippen LogP contribution is -2.25. The lowest BCUT2D eigenvalue weighted by Gasteiger charge is -2.04. The van der Waals surface area contributed by atoms with Crippen LogP contribution in [0.3, 0.4) is 0 Å². The minimum absolute atomic E-state index is 0.157. The fraction of sp³-hybridized carbons (Fsp3) is 0.412. The van der Waals surface area contributed by atoms with Gasteiger partial charge in [0.15, 0.2) is 5.69 Å². The molecule has 1 saturated carbocycles. The topological polar surface area (TPSA) is 55.1 Å². The van der Waals surface area contributed by atoms with Gasteiger partial charge in [-0.15, -0.1) is 0 Å². The van der Waals surface area contributed by atoms with E-state index in [-0.39, 0.29) is 5.91 Å². The Balaban J connectivity index is 1.69. The molecule has 0 radical (unpaired) electrons. The van der Waals surface area contributed by atoms with Crippen molar-refractivity contribution in [3.05, 3.63) is 41.8 Å². The van der Waals surface area contributed by atoms with E-state index in [2.05, 4.69) is 36.3 Å². The van der Waals surface area contributed by atoms with Crippen LogP contribution in [0.4, 0.5) is 0 Å². The maximum atomic E-state index is 11.9. The highest BCUT2D eigenvalue weighted by atomic mass is 16.3. The molecule has 1 aromatic carbocycles. The summed E-state index contributed by atoms with van der Waals surface area (Å²) in [6, 6.07) is 8.09. The summed E-state index contributed by atoms with van der Waals surface area (Å²) in [4.78, 5) is 16.2. The second kappa shape index (κ2) is 5.72. The van der Waals surface area contributed by atoms with Gasteiger partial charge in [-0.3, -0.25) is 4.79 Å². The second-order valence-corrected chi connectivity index (χ2v) is 5.97. The van der Waals surface area contributed by atoms with Crippen molar-refractivity contribution in [3.63, 3.8) is 0 Å². The molecule has 0 aliphatic heterocycles. The first kappa shape index (κ1) is 13.9. The number of nitrogens with one attached hydrogen (secondary N) is 1. The van der Waals surface area contributed by atoms with Crippen LogP contribution in [0.15, 0.2) is 34.9 Å². The fourth-order valence-corrected chi connectivity index (χ4v) is 2.17. The SMILES string of the molecule is CC(C)c1ccc(-c2nc(C(=O)NCC3CC3)co2)cc1. The van der Waals surface area contributed by atoms with Gasteiger partial charge >= 0.3 is 0 Å². The van der Waals surface area contributed by atoms with E-state index in [9.17, 15) is 4.79 Å². The average molecular weight is 284 g/mol. The number of aromatic nitrogens is 1. The van der Waals surface area contributed by atoms with Crippen molar-refractivity contribution in [2.75, 3.05) is 6.54 Å². The molecule has 0 bridgehead atoms. The molecule has 21 heavy (non-hydrogen) atoms. The summed E-state index contributed by atoms with van der Waals surface area (Å²) >= 11 is 0. The molecule has 1 aliphatic rings. The van der Waals surface area contributed by atoms with E-state index in [1.807, 2.05) is 12.1 Å². The Hall–Kier alpha value is -2.10. The van der Waals surface area contributed by atoms with E-state index in [1.165, 1.54) is 24.7 Å². The van der Waals surface area contributed by atoms with Crippen LogP contribution in [0.25, 0.3) is 11.5 Å². The van der Waals surface area contributed by atoms with Crippen LogP contribution in [0, 0.1) is 5.92 Å². The molecule has 1 amide bonds. The third-order valence-electron chi connectivity index (χ3n) is 3.81. The van der Waals surface area contributed by atoms with E-state index in [4.69, 9.17) is 4.42 Å². The molecule has 0 atom stereocenters. The van der Waals surface area contributed by atoms with Gasteiger partial charge in [-0.25, -0.2) is 4.98 Å². The second-order valence-electron chi connectivity index (χ2n) is 5.97. The molecular weight excluding hydrogens is 264 g/mol. The van der Waals surface area contributed by atoms with Crippen molar-refractivity contribution in [3.8, 4) is 11.5 Å². The predicted molar refractivity (Wildman–Crippen MR) is 81.1 cm³/mol. The molecule has 1 N–H and O–H groups in total. The molecule has 110 valence electrons. The van der Waals surface area contributed by atoms with E-state index in [0.29, 0.717) is 23.4 Å². The highest BCUT2D eigenvalue weighted by Gasteiger charge is 2.22. The molecule has 3 rings (SSSR count). The van der Waals surface area contributed by atoms with Crippen molar-refractivity contribution in [2.24, 2.45) is 5.92 Å². The Morgan fingerprint density at radius 3 is 2.67 bits per heavy atom. The van der Waals surface area contributed by atoms with Crippen LogP contribution >= 0.6 is 0 Å². The number of hydrogen-bond donors (Lipinski definition) is 1. The number of amides is 1. The van der Waals surface area contributed by atoms with Gasteiger partial charge in [-0.1, -0.05) is 26.0 Å². The first-order chi connectivity index (χ1) is 10.1. The summed E-state index contributed by atoms with van der Waals surface area (Å²) in [5, 5.41) is 2.89. The maximum absolute atomic E-state index is 11.9. The molecule has 2 aromatic rings. The Bertz CT molecular complexity index is 624. The fourth-order valence-electron chi connectivity index (χ4n) is 2.17. The quantitative estimate of drug-likeness (QED) is 0.912. The van der Waals surface area contributed by atoms with Crippen molar-refractivity contribution < 1.29 is 9.21 Å². The summed E-state index contributed by atoms with van der Waals surface area (Å²) < 4.78 is 5.42. The van der Waals surface area contributed by atoms with Gasteiger partial charge in [-0.05, 0) is 42.4 Å². The van der Waals surface area contributed by atoms with Gasteiger partial charge < -0.3 is 9.73 Å². The van der Waals surface area contributed by atoms with Crippen molar-refractivity contribution in [1.29, 1.82) is 0 Å². The Morgan fingerprint density at radius 2 is 2.05 bits per heavy atom. The Labute approximate surface area is 124 Å². The first-order valence-corrected chi connectivity index (χ1v) is 7.47. The van der Waals surface area contributed by atoms with Crippen molar-refractivity contribution in [2.45, 2.75) is 32.6 Å². The van der Waals surface area contributed by atoms with Gasteiger partial charge in [0.25, 0.3) is 5.91 Å². The number of hydrogen-bond acceptors (Lipinski definition) is 3. The van der Waals surface area contributed by atoms with Gasteiger partial charge in [0.2, 0.25) is 5.89 Å². The zero-order valence-corrected chi connectivity index (χ0v) is 12.4. The number of carbonyl (C=O) groups is 1. The van der Waals surface area contributed by atoms with Crippen LogP contribution in [0.1, 0.15) is 48.7 Å². The summed E-state index contributed by atoms with van der Waals surface area (Å²) in [6.07, 6.45) is 3.85. The molecule has 1 fully saturated rings. The van der Waals surface area contributed by atoms with Gasteiger partial charge in [-0.2, -0.15) is 0 Å². The largest absolute Gasteiger partial charge is 0.444 e. The van der Waals surface area contributed by atoms with Gasteiger partial charge in [0, 0.05) is 12.1 Å². The van der Waals surface area contributed by atoms with E-state index < -0.39 is 0 Å². The minimum Gasteiger partial charge on any atom is -0.444 e. The molecule has 1 heterocycles. The summed E-state index contributed by atoms with van der Waals surface area (Å²) in [7, 11) is 0. The van der Waals surface area contributed by atoms with Crippen LogP contribution in [-0.2, 0) is 0 Å². The molecule has 4 heteroatoms. The molecule has 0 unspecified atom stereocenters. The smallest absolute Gasteiger partial charge is 0.273 e. The number of carbonyl (C=O) groups excluding carboxylic acids is 1. The standard InChI is InChI=1S/C17H20N2O2/c1-11(2)13-5-7-14(8-6-13)17-19-15(10-21-17)16(20)18-9-12-3-4-12/h5-8,10-12H,3-4,9H2,1-2H3,(H,18,20). The monoisotopic (exact) mass is 284 g/mol. The summed E-state index contributed by atoms with van der Waals surface area (Å²) in [6.45, 7) is 5.05. The van der Waals surface area contributed by atoms with E-state index in [0.717, 1.165) is 12.1 Å². The highest BCUT2D eigenvalue weighted by Crippen LogP contribution is 2.27. The zero-order valence-electron chi connectivity index (χ0n) is 12.4. The lowest BCUT2D eigenvalue weighted by atomic mass is 10.0. The van der Waals surface area contributed by atoms with Crippen LogP contribution in [-0.4, -0.2) is 17.4 Å². The average Bonchev–Trinajstić information content (AvgIpc) is 3.19. The summed E-state index contributed by atoms with van der Waals surface area (Å²) in [5.41, 5.74) is 2.51. The first-order valence-electron chi connectivity index (χ1n) is 7.47. The number of nitrogens with zero attached hydrogens (tertiary/aromatic N) is 1. The molecular formula is C17H20N2O2. The molecule has 0 spiro atoms. The van der Waals surface area contributed by atoms with Crippen LogP contribution in [0.5, 0.6) is 0 Å². The Kier molecular flexibility index (Phi) is 3.78. The van der Waals surface area contributed by atoms with Gasteiger partial charge in [0.05, 0.1) is 0 Å². The Morgan fingerprint density at radius 1 is 1.33 bits per heavy atom. The highest BCUT2D eigenvalue weighted by molar-refractivity contribution is 5.92. The van der Waals surface area contributed by atoms with E-state index >= 15 is 0 Å². The third-order valence-corrected chi connectivity index (χ3v) is 3.81. The lowest BCUT2D eigenvalue weighted by molar-refractivity contribution is 0.0947. The summed E-state index contributed by atoms with van der Waals surface area (Å²) in [5.74, 6) is 1.48. The van der Waals surface area contributed by atoms with Crippen LogP contribution < -0.4 is 5.32 Å². The number of benzene rings is 1. The van der Waals surface area contributed by atoms with Crippen molar-refractivity contribution >= 4 is 5.91 Å².